The van der Waals surface area contributed by atoms with Gasteiger partial charge in [0.05, 0.1) is 18.8 Å². The molecule has 2 aromatic carbocycles. The molecular formula is C19H21N3O. The third-order valence-corrected chi connectivity index (χ3v) is 4.01. The van der Waals surface area contributed by atoms with Crippen LogP contribution in [0.1, 0.15) is 28.1 Å². The van der Waals surface area contributed by atoms with E-state index >= 15 is 0 Å². The molecule has 0 bridgehead atoms. The van der Waals surface area contributed by atoms with Gasteiger partial charge < -0.3 is 5.11 Å². The van der Waals surface area contributed by atoms with Crippen molar-refractivity contribution in [2.45, 2.75) is 32.9 Å². The molecule has 0 atom stereocenters. The van der Waals surface area contributed by atoms with Crippen LogP contribution >= 0.6 is 0 Å². The first kappa shape index (κ1) is 15.4. The van der Waals surface area contributed by atoms with Crippen molar-refractivity contribution in [2.75, 3.05) is 0 Å². The highest BCUT2D eigenvalue weighted by Gasteiger charge is 2.12. The highest BCUT2D eigenvalue weighted by atomic mass is 16.3. The van der Waals surface area contributed by atoms with E-state index in [4.69, 9.17) is 0 Å². The molecule has 0 fully saturated rings. The second-order valence-corrected chi connectivity index (χ2v) is 5.77. The van der Waals surface area contributed by atoms with E-state index in [-0.39, 0.29) is 6.61 Å². The Morgan fingerprint density at radius 1 is 0.913 bits per heavy atom. The Morgan fingerprint density at radius 2 is 1.65 bits per heavy atom. The zero-order valence-electron chi connectivity index (χ0n) is 13.3. The molecule has 3 rings (SSSR count). The lowest BCUT2D eigenvalue weighted by molar-refractivity contribution is 0.275. The number of nitrogens with zero attached hydrogens (tertiary/aromatic N) is 3. The predicted molar refractivity (Wildman–Crippen MR) is 90.1 cm³/mol. The van der Waals surface area contributed by atoms with Crippen LogP contribution < -0.4 is 0 Å². The molecule has 1 heterocycles. The minimum absolute atomic E-state index is 0.0714. The summed E-state index contributed by atoms with van der Waals surface area (Å²) < 4.78 is 1.90. The smallest absolute Gasteiger partial charge is 0.111 e. The van der Waals surface area contributed by atoms with Gasteiger partial charge in [-0.1, -0.05) is 65.4 Å². The number of aromatic nitrogens is 3. The zero-order chi connectivity index (χ0) is 16.1. The van der Waals surface area contributed by atoms with Crippen LogP contribution in [0, 0.1) is 6.92 Å². The fourth-order valence-corrected chi connectivity index (χ4v) is 2.67. The number of hydrogen-bond donors (Lipinski definition) is 1. The molecule has 0 saturated carbocycles. The summed E-state index contributed by atoms with van der Waals surface area (Å²) in [7, 11) is 0. The number of aliphatic hydroxyl groups excluding tert-OH is 1. The van der Waals surface area contributed by atoms with Crippen molar-refractivity contribution in [3.8, 4) is 0 Å². The summed E-state index contributed by atoms with van der Waals surface area (Å²) in [6.45, 7) is 2.70. The monoisotopic (exact) mass is 307 g/mol. The topological polar surface area (TPSA) is 50.9 Å². The molecule has 23 heavy (non-hydrogen) atoms. The normalized spacial score (nSPS) is 10.9. The first-order valence-corrected chi connectivity index (χ1v) is 7.88. The number of hydrogen-bond acceptors (Lipinski definition) is 3. The Balaban J connectivity index is 1.77. The maximum Gasteiger partial charge on any atom is 0.111 e. The maximum atomic E-state index is 9.52. The summed E-state index contributed by atoms with van der Waals surface area (Å²) >= 11 is 0. The van der Waals surface area contributed by atoms with Crippen molar-refractivity contribution in [3.05, 3.63) is 82.7 Å². The van der Waals surface area contributed by atoms with Crippen LogP contribution in [-0.2, 0) is 26.0 Å². The summed E-state index contributed by atoms with van der Waals surface area (Å²) in [5, 5.41) is 17.9. The predicted octanol–water partition coefficient (Wildman–Crippen LogP) is 2.91. The molecule has 4 nitrogen and oxygen atoms in total. The number of aliphatic hydroxyl groups is 1. The minimum Gasteiger partial charge on any atom is -0.390 e. The molecule has 0 aliphatic carbocycles. The van der Waals surface area contributed by atoms with Crippen LogP contribution in [0.5, 0.6) is 0 Å². The molecule has 118 valence electrons. The molecule has 0 saturated heterocycles. The molecule has 0 radical (unpaired) electrons. The van der Waals surface area contributed by atoms with E-state index in [1.165, 1.54) is 16.7 Å². The van der Waals surface area contributed by atoms with E-state index in [1.54, 1.807) is 0 Å². The van der Waals surface area contributed by atoms with Crippen LogP contribution in [0.25, 0.3) is 0 Å². The molecule has 1 N–H and O–H groups in total. The lowest BCUT2D eigenvalue weighted by Gasteiger charge is -2.08. The van der Waals surface area contributed by atoms with Gasteiger partial charge in [-0.25, -0.2) is 4.68 Å². The van der Waals surface area contributed by atoms with Gasteiger partial charge in [-0.15, -0.1) is 5.10 Å². The van der Waals surface area contributed by atoms with Gasteiger partial charge >= 0.3 is 0 Å². The van der Waals surface area contributed by atoms with Crippen molar-refractivity contribution in [1.82, 2.24) is 15.0 Å². The molecular weight excluding hydrogens is 286 g/mol. The number of benzene rings is 2. The first-order valence-electron chi connectivity index (χ1n) is 7.88. The van der Waals surface area contributed by atoms with Crippen molar-refractivity contribution < 1.29 is 5.11 Å². The third-order valence-electron chi connectivity index (χ3n) is 4.01. The minimum atomic E-state index is -0.0714. The Hall–Kier alpha value is -2.46. The summed E-state index contributed by atoms with van der Waals surface area (Å²) in [6, 6.07) is 18.7. The molecule has 4 heteroatoms. The third kappa shape index (κ3) is 3.85. The highest BCUT2D eigenvalue weighted by molar-refractivity contribution is 5.23. The Labute approximate surface area is 136 Å². The van der Waals surface area contributed by atoms with Crippen LogP contribution in [0.4, 0.5) is 0 Å². The quantitative estimate of drug-likeness (QED) is 0.762. The fraction of sp³-hybridized carbons (Fsp3) is 0.263. The van der Waals surface area contributed by atoms with Crippen molar-refractivity contribution in [2.24, 2.45) is 0 Å². The Bertz CT molecular complexity index is 748. The number of aryl methyl sites for hydroxylation is 2. The van der Waals surface area contributed by atoms with Crippen LogP contribution in [0.3, 0.4) is 0 Å². The van der Waals surface area contributed by atoms with Crippen LogP contribution in [0.15, 0.2) is 54.6 Å². The van der Waals surface area contributed by atoms with E-state index in [0.717, 1.165) is 18.5 Å². The molecule has 0 spiro atoms. The van der Waals surface area contributed by atoms with E-state index in [1.807, 2.05) is 22.9 Å². The van der Waals surface area contributed by atoms with Crippen LogP contribution in [-0.4, -0.2) is 20.1 Å². The standard InChI is InChI=1S/C19H21N3O/c1-15-7-9-16(10-8-15)11-12-19-18(14-23)20-21-22(19)13-17-5-3-2-4-6-17/h2-10,23H,11-14H2,1H3. The summed E-state index contributed by atoms with van der Waals surface area (Å²) in [5.74, 6) is 0. The Kier molecular flexibility index (Phi) is 4.83. The van der Waals surface area contributed by atoms with E-state index in [9.17, 15) is 5.11 Å². The van der Waals surface area contributed by atoms with Gasteiger partial charge in [0.15, 0.2) is 0 Å². The number of rotatable bonds is 6. The van der Waals surface area contributed by atoms with Crippen molar-refractivity contribution in [1.29, 1.82) is 0 Å². The van der Waals surface area contributed by atoms with Crippen LogP contribution in [0.2, 0.25) is 0 Å². The summed E-state index contributed by atoms with van der Waals surface area (Å²) in [5.41, 5.74) is 5.41. The molecule has 0 amide bonds. The SMILES string of the molecule is Cc1ccc(CCc2c(CO)nnn2Cc2ccccc2)cc1. The van der Waals surface area contributed by atoms with E-state index in [0.29, 0.717) is 12.2 Å². The largest absolute Gasteiger partial charge is 0.390 e. The molecule has 1 aromatic heterocycles. The lowest BCUT2D eigenvalue weighted by Crippen LogP contribution is -2.09. The molecule has 0 aliphatic rings. The van der Waals surface area contributed by atoms with Gasteiger partial charge in [0.1, 0.15) is 5.69 Å². The average molecular weight is 307 g/mol. The second kappa shape index (κ2) is 7.20. The van der Waals surface area contributed by atoms with Gasteiger partial charge in [0.2, 0.25) is 0 Å². The average Bonchev–Trinajstić information content (AvgIpc) is 2.97. The summed E-state index contributed by atoms with van der Waals surface area (Å²) in [6.07, 6.45) is 1.73. The first-order chi connectivity index (χ1) is 11.3. The van der Waals surface area contributed by atoms with Gasteiger partial charge in [0.25, 0.3) is 0 Å². The van der Waals surface area contributed by atoms with Gasteiger partial charge in [-0.2, -0.15) is 0 Å². The van der Waals surface area contributed by atoms with Gasteiger partial charge in [0, 0.05) is 0 Å². The Morgan fingerprint density at radius 3 is 2.35 bits per heavy atom. The summed E-state index contributed by atoms with van der Waals surface area (Å²) in [4.78, 5) is 0. The van der Waals surface area contributed by atoms with Crippen molar-refractivity contribution in [3.63, 3.8) is 0 Å². The van der Waals surface area contributed by atoms with E-state index in [2.05, 4.69) is 53.6 Å². The van der Waals surface area contributed by atoms with E-state index < -0.39 is 0 Å². The van der Waals surface area contributed by atoms with Gasteiger partial charge in [-0.05, 0) is 30.9 Å². The lowest BCUT2D eigenvalue weighted by atomic mass is 10.1. The highest BCUT2D eigenvalue weighted by Crippen LogP contribution is 2.13. The molecule has 0 unspecified atom stereocenters. The molecule has 0 aliphatic heterocycles. The van der Waals surface area contributed by atoms with Crippen molar-refractivity contribution >= 4 is 0 Å². The molecule has 3 aromatic rings. The fourth-order valence-electron chi connectivity index (χ4n) is 2.67. The maximum absolute atomic E-state index is 9.52. The van der Waals surface area contributed by atoms with Gasteiger partial charge in [-0.3, -0.25) is 0 Å². The zero-order valence-corrected chi connectivity index (χ0v) is 13.3. The second-order valence-electron chi connectivity index (χ2n) is 5.77.